The average molecular weight is 230 g/mol. The summed E-state index contributed by atoms with van der Waals surface area (Å²) in [5.74, 6) is 0.776. The van der Waals surface area contributed by atoms with Gasteiger partial charge in [-0.3, -0.25) is 0 Å². The van der Waals surface area contributed by atoms with E-state index in [0.717, 1.165) is 12.4 Å². The van der Waals surface area contributed by atoms with E-state index in [2.05, 4.69) is 22.9 Å². The average Bonchev–Trinajstić information content (AvgIpc) is 2.86. The van der Waals surface area contributed by atoms with E-state index in [0.29, 0.717) is 17.3 Å². The fourth-order valence-corrected chi connectivity index (χ4v) is 2.59. The number of anilines is 2. The predicted molar refractivity (Wildman–Crippen MR) is 68.6 cm³/mol. The molecule has 1 aromatic heterocycles. The van der Waals surface area contributed by atoms with Crippen molar-refractivity contribution in [2.45, 2.75) is 38.6 Å². The quantitative estimate of drug-likeness (QED) is 0.865. The van der Waals surface area contributed by atoms with Crippen LogP contribution in [0.15, 0.2) is 12.3 Å². The van der Waals surface area contributed by atoms with Crippen molar-refractivity contribution in [3.63, 3.8) is 0 Å². The smallest absolute Gasteiger partial charge is 0.153 e. The number of aromatic nitrogens is 1. The van der Waals surface area contributed by atoms with Gasteiger partial charge in [0.25, 0.3) is 0 Å². The van der Waals surface area contributed by atoms with Crippen molar-refractivity contribution >= 4 is 11.5 Å². The Hall–Kier alpha value is -1.76. The molecule has 0 radical (unpaired) electrons. The third-order valence-corrected chi connectivity index (χ3v) is 3.47. The zero-order valence-electron chi connectivity index (χ0n) is 10.2. The number of hydrogen-bond donors (Lipinski definition) is 1. The Labute approximate surface area is 102 Å². The number of rotatable bonds is 3. The highest BCUT2D eigenvalue weighted by Crippen LogP contribution is 2.31. The molecule has 2 rings (SSSR count). The van der Waals surface area contributed by atoms with Crippen LogP contribution in [-0.4, -0.2) is 17.6 Å². The van der Waals surface area contributed by atoms with E-state index < -0.39 is 0 Å². The van der Waals surface area contributed by atoms with Crippen molar-refractivity contribution in [3.8, 4) is 6.07 Å². The number of nitrogens with zero attached hydrogens (tertiary/aromatic N) is 3. The van der Waals surface area contributed by atoms with Gasteiger partial charge in [-0.05, 0) is 25.8 Å². The Morgan fingerprint density at radius 1 is 1.53 bits per heavy atom. The minimum absolute atomic E-state index is 0.517. The molecule has 4 heteroatoms. The van der Waals surface area contributed by atoms with Crippen LogP contribution < -0.4 is 10.6 Å². The molecule has 1 aliphatic carbocycles. The van der Waals surface area contributed by atoms with E-state index in [9.17, 15) is 0 Å². The summed E-state index contributed by atoms with van der Waals surface area (Å²) >= 11 is 0. The molecule has 0 saturated heterocycles. The van der Waals surface area contributed by atoms with Crippen molar-refractivity contribution in [3.05, 3.63) is 17.8 Å². The number of pyridine rings is 1. The third-order valence-electron chi connectivity index (χ3n) is 3.47. The Morgan fingerprint density at radius 3 is 2.82 bits per heavy atom. The van der Waals surface area contributed by atoms with E-state index in [1.54, 1.807) is 12.3 Å². The highest BCUT2D eigenvalue weighted by atomic mass is 15.2. The lowest BCUT2D eigenvalue weighted by atomic mass is 10.1. The molecular formula is C13H18N4. The fourth-order valence-electron chi connectivity index (χ4n) is 2.59. The molecule has 1 saturated carbocycles. The fraction of sp³-hybridized carbons (Fsp3) is 0.538. The zero-order chi connectivity index (χ0) is 12.3. The van der Waals surface area contributed by atoms with Gasteiger partial charge in [-0.1, -0.05) is 12.8 Å². The van der Waals surface area contributed by atoms with Crippen molar-refractivity contribution in [1.82, 2.24) is 4.98 Å². The molecular weight excluding hydrogens is 212 g/mol. The Morgan fingerprint density at radius 2 is 2.24 bits per heavy atom. The molecule has 0 atom stereocenters. The van der Waals surface area contributed by atoms with Gasteiger partial charge in [-0.2, -0.15) is 5.26 Å². The normalized spacial score (nSPS) is 15.8. The highest BCUT2D eigenvalue weighted by molar-refractivity contribution is 5.70. The molecule has 0 aromatic carbocycles. The van der Waals surface area contributed by atoms with Crippen LogP contribution in [0.5, 0.6) is 0 Å². The number of nitrogen functional groups attached to an aromatic ring is 1. The molecule has 90 valence electrons. The largest absolute Gasteiger partial charge is 0.395 e. The molecule has 17 heavy (non-hydrogen) atoms. The van der Waals surface area contributed by atoms with Gasteiger partial charge in [-0.25, -0.2) is 4.98 Å². The van der Waals surface area contributed by atoms with Crippen LogP contribution in [0.1, 0.15) is 38.2 Å². The van der Waals surface area contributed by atoms with Crippen molar-refractivity contribution in [1.29, 1.82) is 5.26 Å². The van der Waals surface area contributed by atoms with Crippen molar-refractivity contribution < 1.29 is 0 Å². The minimum atomic E-state index is 0.517. The second-order valence-corrected chi connectivity index (χ2v) is 4.43. The second-order valence-electron chi connectivity index (χ2n) is 4.43. The van der Waals surface area contributed by atoms with E-state index >= 15 is 0 Å². The lowest BCUT2D eigenvalue weighted by Crippen LogP contribution is -2.34. The highest BCUT2D eigenvalue weighted by Gasteiger charge is 2.24. The Bertz CT molecular complexity index is 430. The van der Waals surface area contributed by atoms with E-state index in [4.69, 9.17) is 11.0 Å². The SMILES string of the molecule is CCN(c1nccc(C#N)c1N)C1CCCC1. The van der Waals surface area contributed by atoms with Crippen LogP contribution in [-0.2, 0) is 0 Å². The molecule has 2 N–H and O–H groups in total. The molecule has 1 aliphatic rings. The summed E-state index contributed by atoms with van der Waals surface area (Å²) in [5, 5.41) is 8.99. The lowest BCUT2D eigenvalue weighted by molar-refractivity contribution is 0.614. The maximum atomic E-state index is 8.99. The van der Waals surface area contributed by atoms with Gasteiger partial charge < -0.3 is 10.6 Å². The second kappa shape index (κ2) is 5.05. The molecule has 1 heterocycles. The molecule has 1 aromatic rings. The summed E-state index contributed by atoms with van der Waals surface area (Å²) in [6, 6.07) is 4.31. The first-order valence-electron chi connectivity index (χ1n) is 6.19. The molecule has 0 bridgehead atoms. The van der Waals surface area contributed by atoms with Gasteiger partial charge in [0.2, 0.25) is 0 Å². The third kappa shape index (κ3) is 2.19. The van der Waals surface area contributed by atoms with E-state index in [1.165, 1.54) is 25.7 Å². The number of hydrogen-bond acceptors (Lipinski definition) is 4. The first-order chi connectivity index (χ1) is 8.27. The van der Waals surface area contributed by atoms with Crippen LogP contribution in [0.25, 0.3) is 0 Å². The van der Waals surface area contributed by atoms with Crippen LogP contribution in [0.2, 0.25) is 0 Å². The Balaban J connectivity index is 2.33. The monoisotopic (exact) mass is 230 g/mol. The van der Waals surface area contributed by atoms with Crippen molar-refractivity contribution in [2.75, 3.05) is 17.2 Å². The standard InChI is InChI=1S/C13H18N4/c1-2-17(11-5-3-4-6-11)13-12(15)10(9-14)7-8-16-13/h7-8,11H,2-6,15H2,1H3. The maximum Gasteiger partial charge on any atom is 0.153 e. The molecule has 0 aliphatic heterocycles. The first kappa shape index (κ1) is 11.7. The van der Waals surface area contributed by atoms with Crippen molar-refractivity contribution in [2.24, 2.45) is 0 Å². The van der Waals surface area contributed by atoms with Gasteiger partial charge in [0.15, 0.2) is 5.82 Å². The van der Waals surface area contributed by atoms with Gasteiger partial charge in [0.05, 0.1) is 11.3 Å². The molecule has 0 unspecified atom stereocenters. The van der Waals surface area contributed by atoms with E-state index in [-0.39, 0.29) is 0 Å². The lowest BCUT2D eigenvalue weighted by Gasteiger charge is -2.29. The summed E-state index contributed by atoms with van der Waals surface area (Å²) in [7, 11) is 0. The van der Waals surface area contributed by atoms with Crippen LogP contribution in [0, 0.1) is 11.3 Å². The number of nitriles is 1. The maximum absolute atomic E-state index is 8.99. The zero-order valence-corrected chi connectivity index (χ0v) is 10.2. The first-order valence-corrected chi connectivity index (χ1v) is 6.19. The molecule has 1 fully saturated rings. The predicted octanol–water partition coefficient (Wildman–Crippen LogP) is 2.30. The van der Waals surface area contributed by atoms with Crippen LogP contribution in [0.4, 0.5) is 11.5 Å². The molecule has 0 amide bonds. The summed E-state index contributed by atoms with van der Waals surface area (Å²) in [5.41, 5.74) is 7.05. The summed E-state index contributed by atoms with van der Waals surface area (Å²) in [6.45, 7) is 3.00. The molecule has 4 nitrogen and oxygen atoms in total. The molecule has 0 spiro atoms. The van der Waals surface area contributed by atoms with Gasteiger partial charge in [-0.15, -0.1) is 0 Å². The van der Waals surface area contributed by atoms with Crippen LogP contribution in [0.3, 0.4) is 0 Å². The number of nitrogens with two attached hydrogens (primary N) is 1. The van der Waals surface area contributed by atoms with Gasteiger partial charge >= 0.3 is 0 Å². The Kier molecular flexibility index (Phi) is 3.48. The van der Waals surface area contributed by atoms with Crippen LogP contribution >= 0.6 is 0 Å². The van der Waals surface area contributed by atoms with Gasteiger partial charge in [0, 0.05) is 18.8 Å². The minimum Gasteiger partial charge on any atom is -0.395 e. The van der Waals surface area contributed by atoms with Gasteiger partial charge in [0.1, 0.15) is 6.07 Å². The van der Waals surface area contributed by atoms with E-state index in [1.807, 2.05) is 0 Å². The summed E-state index contributed by atoms with van der Waals surface area (Å²) < 4.78 is 0. The summed E-state index contributed by atoms with van der Waals surface area (Å²) in [6.07, 6.45) is 6.62. The summed E-state index contributed by atoms with van der Waals surface area (Å²) in [4.78, 5) is 6.59. The topological polar surface area (TPSA) is 65.9 Å².